The van der Waals surface area contributed by atoms with E-state index in [1.807, 2.05) is 0 Å². The first-order chi connectivity index (χ1) is 6.95. The van der Waals surface area contributed by atoms with Crippen molar-refractivity contribution in [2.45, 2.75) is 25.7 Å². The van der Waals surface area contributed by atoms with Crippen molar-refractivity contribution >= 4 is 16.6 Å². The smallest absolute Gasteiger partial charge is 0.176 e. The molecule has 2 fully saturated rings. The van der Waals surface area contributed by atoms with Crippen LogP contribution < -0.4 is 0 Å². The van der Waals surface area contributed by atoms with Gasteiger partial charge in [0, 0.05) is 12.3 Å². The minimum Gasteiger partial charge on any atom is -0.336 e. The SMILES string of the molecule is C1CCP(N=NP2CCCCO2)OC1. The fourth-order valence-electron chi connectivity index (χ4n) is 1.40. The summed E-state index contributed by atoms with van der Waals surface area (Å²) in [4.78, 5) is 8.56. The Labute approximate surface area is 87.2 Å². The first-order valence-corrected chi connectivity index (χ1v) is 7.97. The van der Waals surface area contributed by atoms with Gasteiger partial charge in [0.2, 0.25) is 0 Å². The standard InChI is InChI=1S/C8H16N2O2P2/c1-3-7-13(11-5-1)9-10-14-8-4-2-6-12-14/h1-8H2. The largest absolute Gasteiger partial charge is 0.336 e. The van der Waals surface area contributed by atoms with E-state index < -0.39 is 16.6 Å². The molecule has 0 bridgehead atoms. The van der Waals surface area contributed by atoms with E-state index in [1.54, 1.807) is 0 Å². The summed E-state index contributed by atoms with van der Waals surface area (Å²) in [7, 11) is -1.20. The predicted molar refractivity (Wildman–Crippen MR) is 58.8 cm³/mol. The highest BCUT2D eigenvalue weighted by atomic mass is 31.2. The average molecular weight is 234 g/mol. The molecule has 0 aromatic heterocycles. The van der Waals surface area contributed by atoms with Gasteiger partial charge in [-0.25, -0.2) is 0 Å². The maximum Gasteiger partial charge on any atom is 0.176 e. The molecule has 80 valence electrons. The molecule has 0 aliphatic carbocycles. The summed E-state index contributed by atoms with van der Waals surface area (Å²) < 4.78 is 11.1. The predicted octanol–water partition coefficient (Wildman–Crippen LogP) is 3.68. The molecule has 0 N–H and O–H groups in total. The van der Waals surface area contributed by atoms with Crippen LogP contribution >= 0.6 is 16.6 Å². The number of nitrogens with zero attached hydrogens (tertiary/aromatic N) is 2. The number of hydrogen-bond acceptors (Lipinski definition) is 4. The van der Waals surface area contributed by atoms with Gasteiger partial charge in [0.15, 0.2) is 16.6 Å². The Hall–Kier alpha value is 0.380. The van der Waals surface area contributed by atoms with E-state index in [1.165, 1.54) is 25.7 Å². The van der Waals surface area contributed by atoms with Crippen LogP contribution in [0.15, 0.2) is 9.77 Å². The summed E-state index contributed by atoms with van der Waals surface area (Å²) >= 11 is 0. The van der Waals surface area contributed by atoms with Crippen LogP contribution in [0.4, 0.5) is 0 Å². The summed E-state index contributed by atoms with van der Waals surface area (Å²) in [6.07, 6.45) is 7.01. The molecule has 14 heavy (non-hydrogen) atoms. The van der Waals surface area contributed by atoms with Crippen LogP contribution in [0.1, 0.15) is 25.7 Å². The lowest BCUT2D eigenvalue weighted by atomic mass is 10.4. The minimum atomic E-state index is -0.602. The molecular formula is C8H16N2O2P2. The second-order valence-corrected chi connectivity index (χ2v) is 6.59. The molecule has 2 unspecified atom stereocenters. The van der Waals surface area contributed by atoms with Crippen LogP contribution in [-0.4, -0.2) is 25.5 Å². The Morgan fingerprint density at radius 2 is 1.21 bits per heavy atom. The van der Waals surface area contributed by atoms with Crippen molar-refractivity contribution in [2.75, 3.05) is 25.5 Å². The van der Waals surface area contributed by atoms with E-state index in [9.17, 15) is 0 Å². The van der Waals surface area contributed by atoms with Gasteiger partial charge < -0.3 is 9.05 Å². The first kappa shape index (κ1) is 10.9. The van der Waals surface area contributed by atoms with Crippen LogP contribution in [0.2, 0.25) is 0 Å². The molecule has 0 aromatic carbocycles. The van der Waals surface area contributed by atoms with Crippen LogP contribution in [0.25, 0.3) is 0 Å². The molecule has 2 aliphatic rings. The highest BCUT2D eigenvalue weighted by Gasteiger charge is 2.16. The van der Waals surface area contributed by atoms with Crippen LogP contribution in [0, 0.1) is 0 Å². The van der Waals surface area contributed by atoms with Crippen molar-refractivity contribution in [1.29, 1.82) is 0 Å². The van der Waals surface area contributed by atoms with E-state index in [-0.39, 0.29) is 0 Å². The van der Waals surface area contributed by atoms with Gasteiger partial charge in [0.1, 0.15) is 0 Å². The molecule has 0 radical (unpaired) electrons. The van der Waals surface area contributed by atoms with Crippen molar-refractivity contribution < 1.29 is 9.05 Å². The maximum absolute atomic E-state index is 5.53. The van der Waals surface area contributed by atoms with Gasteiger partial charge in [0.05, 0.1) is 13.2 Å². The van der Waals surface area contributed by atoms with Gasteiger partial charge in [0.25, 0.3) is 0 Å². The van der Waals surface area contributed by atoms with E-state index in [2.05, 4.69) is 9.77 Å². The van der Waals surface area contributed by atoms with Crippen LogP contribution in [0.5, 0.6) is 0 Å². The molecule has 4 nitrogen and oxygen atoms in total. The Kier molecular flexibility index (Phi) is 4.72. The minimum absolute atomic E-state index is 0.602. The van der Waals surface area contributed by atoms with Crippen molar-refractivity contribution in [3.63, 3.8) is 0 Å². The molecule has 0 spiro atoms. The lowest BCUT2D eigenvalue weighted by Crippen LogP contribution is -2.01. The number of hydrogen-bond donors (Lipinski definition) is 0. The molecule has 2 atom stereocenters. The number of rotatable bonds is 2. The van der Waals surface area contributed by atoms with E-state index in [4.69, 9.17) is 9.05 Å². The second-order valence-electron chi connectivity index (χ2n) is 3.41. The molecule has 2 rings (SSSR count). The lowest BCUT2D eigenvalue weighted by molar-refractivity contribution is 0.318. The molecule has 2 heterocycles. The van der Waals surface area contributed by atoms with Gasteiger partial charge in [-0.05, 0) is 25.7 Å². The summed E-state index contributed by atoms with van der Waals surface area (Å²) in [6, 6.07) is 0. The van der Waals surface area contributed by atoms with Gasteiger partial charge in [-0.2, -0.15) is 0 Å². The fraction of sp³-hybridized carbons (Fsp3) is 1.00. The zero-order chi connectivity index (χ0) is 9.64. The lowest BCUT2D eigenvalue weighted by Gasteiger charge is -2.19. The van der Waals surface area contributed by atoms with E-state index in [0.29, 0.717) is 0 Å². The Balaban J connectivity index is 1.73. The molecule has 6 heteroatoms. The van der Waals surface area contributed by atoms with Crippen LogP contribution in [0.3, 0.4) is 0 Å². The average Bonchev–Trinajstić information content (AvgIpc) is 2.29. The summed E-state index contributed by atoms with van der Waals surface area (Å²) in [5.41, 5.74) is 0. The third kappa shape index (κ3) is 3.51. The second kappa shape index (κ2) is 6.07. The van der Waals surface area contributed by atoms with Gasteiger partial charge in [-0.3, -0.25) is 0 Å². The third-order valence-electron chi connectivity index (χ3n) is 2.21. The fourth-order valence-corrected chi connectivity index (χ4v) is 4.32. The highest BCUT2D eigenvalue weighted by molar-refractivity contribution is 7.53. The Morgan fingerprint density at radius 1 is 0.714 bits per heavy atom. The maximum atomic E-state index is 5.53. The third-order valence-corrected chi connectivity index (χ3v) is 5.29. The van der Waals surface area contributed by atoms with E-state index >= 15 is 0 Å². The molecule has 0 amide bonds. The molecule has 0 saturated carbocycles. The normalized spacial score (nSPS) is 34.9. The molecule has 0 aromatic rings. The zero-order valence-electron chi connectivity index (χ0n) is 8.26. The van der Waals surface area contributed by atoms with Gasteiger partial charge in [-0.1, -0.05) is 0 Å². The van der Waals surface area contributed by atoms with Gasteiger partial charge in [-0.15, -0.1) is 9.77 Å². The van der Waals surface area contributed by atoms with E-state index in [0.717, 1.165) is 25.5 Å². The summed E-state index contributed by atoms with van der Waals surface area (Å²) in [5, 5.41) is 0. The zero-order valence-corrected chi connectivity index (χ0v) is 10.1. The van der Waals surface area contributed by atoms with Crippen molar-refractivity contribution in [3.05, 3.63) is 0 Å². The summed E-state index contributed by atoms with van der Waals surface area (Å²) in [5.74, 6) is 0. The first-order valence-electron chi connectivity index (χ1n) is 5.17. The van der Waals surface area contributed by atoms with Crippen LogP contribution in [-0.2, 0) is 9.05 Å². The molecule has 2 saturated heterocycles. The van der Waals surface area contributed by atoms with Crippen molar-refractivity contribution in [2.24, 2.45) is 9.77 Å². The van der Waals surface area contributed by atoms with Crippen molar-refractivity contribution in [3.8, 4) is 0 Å². The quantitative estimate of drug-likeness (QED) is 0.540. The monoisotopic (exact) mass is 234 g/mol. The van der Waals surface area contributed by atoms with Crippen molar-refractivity contribution in [1.82, 2.24) is 0 Å². The molecule has 2 aliphatic heterocycles. The summed E-state index contributed by atoms with van der Waals surface area (Å²) in [6.45, 7) is 1.73. The molecular weight excluding hydrogens is 218 g/mol. The topological polar surface area (TPSA) is 43.2 Å². The van der Waals surface area contributed by atoms with Gasteiger partial charge >= 0.3 is 0 Å². The Bertz CT molecular complexity index is 172. The Morgan fingerprint density at radius 3 is 1.57 bits per heavy atom. The highest BCUT2D eigenvalue weighted by Crippen LogP contribution is 2.49.